The largest absolute Gasteiger partial charge is 0.485 e. The Morgan fingerprint density at radius 2 is 2.00 bits per heavy atom. The molecule has 29 heavy (non-hydrogen) atoms. The number of hydrogen-bond acceptors (Lipinski definition) is 6. The highest BCUT2D eigenvalue weighted by molar-refractivity contribution is 9.10. The Labute approximate surface area is 175 Å². The lowest BCUT2D eigenvalue weighted by Gasteiger charge is -2.22. The molecule has 4 rings (SSSR count). The average Bonchev–Trinajstić information content (AvgIpc) is 3.16. The van der Waals surface area contributed by atoms with Crippen LogP contribution in [0.4, 0.5) is 0 Å². The Morgan fingerprint density at radius 1 is 1.24 bits per heavy atom. The van der Waals surface area contributed by atoms with Gasteiger partial charge in [-0.25, -0.2) is 17.9 Å². The Morgan fingerprint density at radius 3 is 2.72 bits per heavy atom. The number of carboxylic acid groups (broad SMARTS) is 1. The van der Waals surface area contributed by atoms with Crippen molar-refractivity contribution in [1.29, 1.82) is 0 Å². The maximum Gasteiger partial charge on any atom is 0.341 e. The number of benzene rings is 2. The summed E-state index contributed by atoms with van der Waals surface area (Å²) in [6.07, 6.45) is -1.14. The molecule has 0 amide bonds. The minimum absolute atomic E-state index is 0.0772. The van der Waals surface area contributed by atoms with Gasteiger partial charge >= 0.3 is 5.97 Å². The molecule has 3 N–H and O–H groups in total. The molecular formula is C19H18BrNO7S. The highest BCUT2D eigenvalue weighted by Gasteiger charge is 2.51. The Kier molecular flexibility index (Phi) is 5.28. The molecule has 8 nitrogen and oxygen atoms in total. The fraction of sp³-hybridized carbons (Fsp3) is 0.316. The van der Waals surface area contributed by atoms with Crippen molar-refractivity contribution in [3.63, 3.8) is 0 Å². The molecule has 1 aliphatic carbocycles. The maximum absolute atomic E-state index is 12.9. The number of carboxylic acids is 1. The van der Waals surface area contributed by atoms with Crippen LogP contribution in [0.3, 0.4) is 0 Å². The molecule has 0 radical (unpaired) electrons. The number of aliphatic hydroxyl groups excluding tert-OH is 1. The molecule has 0 saturated heterocycles. The number of ether oxygens (including phenoxy) is 2. The van der Waals surface area contributed by atoms with Crippen LogP contribution in [0.25, 0.3) is 0 Å². The lowest BCUT2D eigenvalue weighted by Crippen LogP contribution is -2.43. The molecule has 2 aliphatic rings. The topological polar surface area (TPSA) is 122 Å². The number of para-hydroxylation sites is 1. The zero-order chi connectivity index (χ0) is 20.8. The van der Waals surface area contributed by atoms with E-state index in [1.807, 2.05) is 0 Å². The number of rotatable bonds is 6. The molecule has 0 aromatic heterocycles. The molecule has 2 aromatic rings. The van der Waals surface area contributed by atoms with Crippen LogP contribution in [0.5, 0.6) is 11.5 Å². The number of aliphatic hydroxyl groups is 1. The van der Waals surface area contributed by atoms with Crippen molar-refractivity contribution in [3.8, 4) is 11.5 Å². The summed E-state index contributed by atoms with van der Waals surface area (Å²) in [5, 5.41) is 19.4. The van der Waals surface area contributed by atoms with Crippen LogP contribution < -0.4 is 14.2 Å². The number of sulfonamides is 1. The summed E-state index contributed by atoms with van der Waals surface area (Å²) >= 11 is 3.25. The van der Waals surface area contributed by atoms with Crippen molar-refractivity contribution in [2.24, 2.45) is 0 Å². The predicted molar refractivity (Wildman–Crippen MR) is 106 cm³/mol. The van der Waals surface area contributed by atoms with Crippen LogP contribution >= 0.6 is 15.9 Å². The van der Waals surface area contributed by atoms with Gasteiger partial charge in [-0.3, -0.25) is 0 Å². The Hall–Kier alpha value is -2.14. The number of carbonyl (C=O) groups is 1. The van der Waals surface area contributed by atoms with Crippen molar-refractivity contribution in [2.45, 2.75) is 35.5 Å². The van der Waals surface area contributed by atoms with Gasteiger partial charge in [0, 0.05) is 22.4 Å². The van der Waals surface area contributed by atoms with Gasteiger partial charge in [0.15, 0.2) is 18.1 Å². The van der Waals surface area contributed by atoms with Crippen LogP contribution in [0.15, 0.2) is 51.8 Å². The molecule has 10 heteroatoms. The molecule has 4 unspecified atom stereocenters. The van der Waals surface area contributed by atoms with Crippen LogP contribution in [0.2, 0.25) is 0 Å². The molecule has 154 valence electrons. The molecule has 2 aromatic carbocycles. The number of nitrogens with one attached hydrogen (secondary N) is 1. The first-order valence-electron chi connectivity index (χ1n) is 8.87. The van der Waals surface area contributed by atoms with Gasteiger partial charge in [-0.1, -0.05) is 24.3 Å². The molecule has 1 aliphatic heterocycles. The second-order valence-corrected chi connectivity index (χ2v) is 9.46. The summed E-state index contributed by atoms with van der Waals surface area (Å²) in [6, 6.07) is 10.7. The standard InChI is InChI=1S/C19H18BrNO7S/c20-11-5-1-2-7-15(11)29(25,26)21-18-12(22)8-14-17(18)10-4-3-6-13(19(10)28-14)27-9-16(23)24/h1-7,12,14,17-18,21-22H,8-9H2,(H,23,24). The SMILES string of the molecule is O=C(O)COc1cccc2c1OC1CC(O)C(NS(=O)(=O)c3ccccc3Br)C21. The van der Waals surface area contributed by atoms with E-state index in [1.165, 1.54) is 6.07 Å². The van der Waals surface area contributed by atoms with Crippen molar-refractivity contribution < 1.29 is 32.9 Å². The monoisotopic (exact) mass is 483 g/mol. The van der Waals surface area contributed by atoms with Crippen LogP contribution in [-0.4, -0.2) is 49.5 Å². The first-order chi connectivity index (χ1) is 13.8. The van der Waals surface area contributed by atoms with E-state index in [9.17, 15) is 18.3 Å². The van der Waals surface area contributed by atoms with E-state index in [1.54, 1.807) is 36.4 Å². The van der Waals surface area contributed by atoms with Crippen LogP contribution in [0.1, 0.15) is 17.9 Å². The van der Waals surface area contributed by atoms with Gasteiger partial charge in [0.2, 0.25) is 10.0 Å². The summed E-state index contributed by atoms with van der Waals surface area (Å²) in [4.78, 5) is 10.9. The molecule has 0 bridgehead atoms. The quantitative estimate of drug-likeness (QED) is 0.572. The van der Waals surface area contributed by atoms with Gasteiger partial charge in [-0.2, -0.15) is 0 Å². The Bertz CT molecular complexity index is 1060. The summed E-state index contributed by atoms with van der Waals surface area (Å²) in [7, 11) is -3.90. The predicted octanol–water partition coefficient (Wildman–Crippen LogP) is 1.87. The van der Waals surface area contributed by atoms with Crippen molar-refractivity contribution in [1.82, 2.24) is 4.72 Å². The van der Waals surface area contributed by atoms with E-state index in [0.717, 1.165) is 0 Å². The molecule has 0 spiro atoms. The van der Waals surface area contributed by atoms with Crippen molar-refractivity contribution >= 4 is 31.9 Å². The van der Waals surface area contributed by atoms with E-state index >= 15 is 0 Å². The zero-order valence-corrected chi connectivity index (χ0v) is 17.4. The maximum atomic E-state index is 12.9. The van der Waals surface area contributed by atoms with Crippen LogP contribution in [0, 0.1) is 0 Å². The second-order valence-electron chi connectivity index (χ2n) is 6.92. The molecule has 1 fully saturated rings. The third-order valence-corrected chi connectivity index (χ3v) is 7.55. The molecular weight excluding hydrogens is 466 g/mol. The highest BCUT2D eigenvalue weighted by atomic mass is 79.9. The summed E-state index contributed by atoms with van der Waals surface area (Å²) in [6.45, 7) is -0.518. The minimum atomic E-state index is -3.90. The van der Waals surface area contributed by atoms with Gasteiger partial charge in [0.1, 0.15) is 6.10 Å². The fourth-order valence-corrected chi connectivity index (χ4v) is 6.20. The summed E-state index contributed by atoms with van der Waals surface area (Å²) in [5.41, 5.74) is 0.675. The second kappa shape index (κ2) is 7.60. The van der Waals surface area contributed by atoms with E-state index < -0.39 is 46.8 Å². The van der Waals surface area contributed by atoms with E-state index in [4.69, 9.17) is 14.6 Å². The fourth-order valence-electron chi connectivity index (χ4n) is 3.90. The van der Waals surface area contributed by atoms with Crippen molar-refractivity contribution in [3.05, 3.63) is 52.5 Å². The molecule has 1 saturated carbocycles. The Balaban J connectivity index is 1.64. The summed E-state index contributed by atoms with van der Waals surface area (Å²) < 4.78 is 40.1. The molecule has 4 atom stereocenters. The van der Waals surface area contributed by atoms with Crippen molar-refractivity contribution in [2.75, 3.05) is 6.61 Å². The summed E-state index contributed by atoms with van der Waals surface area (Å²) in [5.74, 6) is -0.872. The van der Waals surface area contributed by atoms with Crippen LogP contribution in [-0.2, 0) is 14.8 Å². The van der Waals surface area contributed by atoms with E-state index in [-0.39, 0.29) is 17.1 Å². The van der Waals surface area contributed by atoms with Gasteiger partial charge in [0.05, 0.1) is 17.0 Å². The van der Waals surface area contributed by atoms with Gasteiger partial charge in [-0.05, 0) is 34.1 Å². The van der Waals surface area contributed by atoms with Gasteiger partial charge < -0.3 is 19.7 Å². The third-order valence-electron chi connectivity index (χ3n) is 5.08. The first-order valence-corrected chi connectivity index (χ1v) is 11.1. The highest BCUT2D eigenvalue weighted by Crippen LogP contribution is 2.51. The van der Waals surface area contributed by atoms with E-state index in [0.29, 0.717) is 15.8 Å². The normalized spacial score (nSPS) is 25.2. The first kappa shape index (κ1) is 20.1. The number of hydrogen-bond donors (Lipinski definition) is 3. The lowest BCUT2D eigenvalue weighted by molar-refractivity contribution is -0.139. The minimum Gasteiger partial charge on any atom is -0.485 e. The molecule has 1 heterocycles. The number of fused-ring (bicyclic) bond motifs is 3. The van der Waals surface area contributed by atoms with Gasteiger partial charge in [0.25, 0.3) is 0 Å². The zero-order valence-electron chi connectivity index (χ0n) is 15.0. The van der Waals surface area contributed by atoms with E-state index in [2.05, 4.69) is 20.7 Å². The number of halogens is 1. The van der Waals surface area contributed by atoms with Gasteiger partial charge in [-0.15, -0.1) is 0 Å². The smallest absolute Gasteiger partial charge is 0.341 e. The third kappa shape index (κ3) is 3.73. The lowest BCUT2D eigenvalue weighted by atomic mass is 9.94. The average molecular weight is 484 g/mol. The number of aliphatic carboxylic acids is 1.